The Morgan fingerprint density at radius 2 is 1.53 bits per heavy atom. The van der Waals surface area contributed by atoms with Crippen molar-refractivity contribution in [3.8, 4) is 0 Å². The maximum absolute atomic E-state index is 10.1. The fourth-order valence-electron chi connectivity index (χ4n) is 0.768. The summed E-state index contributed by atoms with van der Waals surface area (Å²) in [5.41, 5.74) is 10.4. The standard InChI is InChI=1S/C6H14N2O2.C4H4O4.Mg/c7-4-2-1-3-5(8)6(9)10;5-3(6)1-2-4(7)8;/h5H,1-4,7-8H2,(H,9,10);1-2H,(H,5,6)(H,7,8);/q;;+2/p-2/t5-;;/m0../s1. The fraction of sp³-hybridized carbons (Fsp3) is 0.500. The van der Waals surface area contributed by atoms with E-state index < -0.39 is 23.9 Å². The fourth-order valence-corrected chi connectivity index (χ4v) is 0.768. The second-order valence-corrected chi connectivity index (χ2v) is 3.20. The Morgan fingerprint density at radius 1 is 1.11 bits per heavy atom. The summed E-state index contributed by atoms with van der Waals surface area (Å²) in [5, 5.41) is 27.2. The molecule has 8 nitrogen and oxygen atoms in total. The number of carbonyl (C=O) groups is 3. The minimum Gasteiger partial charge on any atom is -0.545 e. The molecule has 0 saturated heterocycles. The van der Waals surface area contributed by atoms with Gasteiger partial charge < -0.3 is 36.4 Å². The molecule has 0 aromatic carbocycles. The van der Waals surface area contributed by atoms with E-state index in [1.807, 2.05) is 0 Å². The molecule has 0 aliphatic carbocycles. The molecule has 0 unspecified atom stereocenters. The Kier molecular flexibility index (Phi) is 18.0. The SMILES string of the molecule is NCCCC[C@H](N)C(=O)O.O=C([O-])C=CC(=O)[O-].[Mg+2]. The molecule has 0 spiro atoms. The Bertz CT molecular complexity index is 292. The molecule has 0 aromatic rings. The van der Waals surface area contributed by atoms with Crippen LogP contribution in [0.2, 0.25) is 0 Å². The Hall–Kier alpha value is -1.16. The summed E-state index contributed by atoms with van der Waals surface area (Å²) in [4.78, 5) is 29.0. The van der Waals surface area contributed by atoms with E-state index in [-0.39, 0.29) is 23.1 Å². The summed E-state index contributed by atoms with van der Waals surface area (Å²) >= 11 is 0. The van der Waals surface area contributed by atoms with Gasteiger partial charge in [-0.2, -0.15) is 0 Å². The van der Waals surface area contributed by atoms with Crippen LogP contribution in [0, 0.1) is 0 Å². The van der Waals surface area contributed by atoms with Gasteiger partial charge in [-0.1, -0.05) is 6.42 Å². The van der Waals surface area contributed by atoms with Crippen LogP contribution in [-0.2, 0) is 14.4 Å². The predicted molar refractivity (Wildman–Crippen MR) is 63.4 cm³/mol. The van der Waals surface area contributed by atoms with Crippen LogP contribution in [0.3, 0.4) is 0 Å². The maximum atomic E-state index is 10.1. The van der Waals surface area contributed by atoms with E-state index >= 15 is 0 Å². The molecule has 0 fully saturated rings. The second kappa shape index (κ2) is 14.9. The van der Waals surface area contributed by atoms with Crippen LogP contribution in [0.25, 0.3) is 0 Å². The van der Waals surface area contributed by atoms with Gasteiger partial charge in [0.15, 0.2) is 0 Å². The molecule has 0 aliphatic heterocycles. The number of carboxylic acids is 3. The van der Waals surface area contributed by atoms with Crippen LogP contribution in [-0.4, -0.2) is 58.7 Å². The summed E-state index contributed by atoms with van der Waals surface area (Å²) < 4.78 is 0. The molecule has 0 heterocycles. The third-order valence-corrected chi connectivity index (χ3v) is 1.64. The van der Waals surface area contributed by atoms with Crippen LogP contribution >= 0.6 is 0 Å². The van der Waals surface area contributed by atoms with Gasteiger partial charge in [-0.05, 0) is 31.5 Å². The predicted octanol–water partition coefficient (Wildman–Crippen LogP) is -3.81. The monoisotopic (exact) mass is 284 g/mol. The number of carbonyl (C=O) groups excluding carboxylic acids is 2. The third kappa shape index (κ3) is 22.5. The molecule has 19 heavy (non-hydrogen) atoms. The molecule has 0 rings (SSSR count). The zero-order valence-corrected chi connectivity index (χ0v) is 11.8. The number of aliphatic carboxylic acids is 3. The van der Waals surface area contributed by atoms with E-state index in [0.29, 0.717) is 25.1 Å². The average molecular weight is 285 g/mol. The smallest absolute Gasteiger partial charge is 0.545 e. The Labute approximate surface area is 126 Å². The van der Waals surface area contributed by atoms with Crippen LogP contribution in [0.5, 0.6) is 0 Å². The first-order valence-electron chi connectivity index (χ1n) is 5.09. The summed E-state index contributed by atoms with van der Waals surface area (Å²) in [7, 11) is 0. The topological polar surface area (TPSA) is 170 Å². The minimum absolute atomic E-state index is 0. The van der Waals surface area contributed by atoms with Crippen molar-refractivity contribution in [2.45, 2.75) is 25.3 Å². The zero-order valence-electron chi connectivity index (χ0n) is 10.4. The summed E-state index contributed by atoms with van der Waals surface area (Å²) in [5.74, 6) is -4.03. The number of nitrogens with two attached hydrogens (primary N) is 2. The molecule has 0 amide bonds. The Morgan fingerprint density at radius 3 is 1.79 bits per heavy atom. The molecule has 5 N–H and O–H groups in total. The van der Waals surface area contributed by atoms with Gasteiger partial charge in [0.2, 0.25) is 0 Å². The van der Waals surface area contributed by atoms with E-state index in [4.69, 9.17) is 16.6 Å². The molecule has 0 aliphatic rings. The van der Waals surface area contributed by atoms with Gasteiger partial charge in [0.25, 0.3) is 0 Å². The molecular weight excluding hydrogens is 268 g/mol. The van der Waals surface area contributed by atoms with Gasteiger partial charge in [0.1, 0.15) is 6.04 Å². The molecule has 1 atom stereocenters. The van der Waals surface area contributed by atoms with E-state index in [9.17, 15) is 24.6 Å². The van der Waals surface area contributed by atoms with Crippen LogP contribution < -0.4 is 21.7 Å². The molecule has 0 bridgehead atoms. The van der Waals surface area contributed by atoms with Crippen molar-refractivity contribution in [1.82, 2.24) is 0 Å². The van der Waals surface area contributed by atoms with Gasteiger partial charge in [0, 0.05) is 0 Å². The number of hydrogen-bond acceptors (Lipinski definition) is 7. The van der Waals surface area contributed by atoms with Gasteiger partial charge in [-0.3, -0.25) is 4.79 Å². The molecule has 0 saturated carbocycles. The first kappa shape index (κ1) is 23.0. The molecule has 0 aromatic heterocycles. The van der Waals surface area contributed by atoms with Crippen molar-refractivity contribution in [2.24, 2.45) is 11.5 Å². The van der Waals surface area contributed by atoms with E-state index in [1.165, 1.54) is 0 Å². The summed E-state index contributed by atoms with van der Waals surface area (Å²) in [6.45, 7) is 0.604. The van der Waals surface area contributed by atoms with Crippen molar-refractivity contribution >= 4 is 41.0 Å². The first-order valence-corrected chi connectivity index (χ1v) is 5.09. The number of unbranched alkanes of at least 4 members (excludes halogenated alkanes) is 1. The molecule has 9 heteroatoms. The van der Waals surface area contributed by atoms with Crippen LogP contribution in [0.4, 0.5) is 0 Å². The van der Waals surface area contributed by atoms with E-state index in [0.717, 1.165) is 12.8 Å². The van der Waals surface area contributed by atoms with Crippen molar-refractivity contribution in [3.63, 3.8) is 0 Å². The molecule has 0 radical (unpaired) electrons. The molecular formula is C10H16MgN2O6. The molecule has 104 valence electrons. The van der Waals surface area contributed by atoms with Gasteiger partial charge in [-0.25, -0.2) is 0 Å². The quantitative estimate of drug-likeness (QED) is 0.242. The van der Waals surface area contributed by atoms with Crippen LogP contribution in [0.15, 0.2) is 12.2 Å². The van der Waals surface area contributed by atoms with Crippen molar-refractivity contribution in [2.75, 3.05) is 6.54 Å². The number of rotatable bonds is 7. The van der Waals surface area contributed by atoms with Crippen molar-refractivity contribution in [3.05, 3.63) is 12.2 Å². The largest absolute Gasteiger partial charge is 2.00 e. The number of hydrogen-bond donors (Lipinski definition) is 3. The number of carboxylic acid groups (broad SMARTS) is 3. The summed E-state index contributed by atoms with van der Waals surface area (Å²) in [6.07, 6.45) is 2.93. The van der Waals surface area contributed by atoms with Crippen molar-refractivity contribution < 1.29 is 29.7 Å². The summed E-state index contributed by atoms with van der Waals surface area (Å²) in [6, 6.07) is -0.716. The second-order valence-electron chi connectivity index (χ2n) is 3.20. The van der Waals surface area contributed by atoms with E-state index in [1.54, 1.807) is 0 Å². The van der Waals surface area contributed by atoms with E-state index in [2.05, 4.69) is 0 Å². The van der Waals surface area contributed by atoms with Gasteiger partial charge in [0.05, 0.1) is 11.9 Å². The average Bonchev–Trinajstić information content (AvgIpc) is 2.27. The Balaban J connectivity index is -0.000000262. The van der Waals surface area contributed by atoms with Crippen molar-refractivity contribution in [1.29, 1.82) is 0 Å². The normalized spacial score (nSPS) is 10.8. The minimum atomic E-state index is -1.55. The maximum Gasteiger partial charge on any atom is 2.00 e. The van der Waals surface area contributed by atoms with Gasteiger partial charge in [-0.15, -0.1) is 0 Å². The first-order chi connectivity index (χ1) is 8.31. The zero-order chi connectivity index (χ0) is 14.6. The van der Waals surface area contributed by atoms with Crippen LogP contribution in [0.1, 0.15) is 19.3 Å². The third-order valence-electron chi connectivity index (χ3n) is 1.64. The van der Waals surface area contributed by atoms with Gasteiger partial charge >= 0.3 is 29.0 Å².